The summed E-state index contributed by atoms with van der Waals surface area (Å²) in [5.41, 5.74) is 5.07. The van der Waals surface area contributed by atoms with E-state index < -0.39 is 5.97 Å². The zero-order valence-corrected chi connectivity index (χ0v) is 15.3. The van der Waals surface area contributed by atoms with E-state index in [0.29, 0.717) is 6.54 Å². The minimum absolute atomic E-state index is 0.268. The number of benzene rings is 3. The maximum atomic E-state index is 12.2. The van der Waals surface area contributed by atoms with Gasteiger partial charge in [0.2, 0.25) is 5.69 Å². The van der Waals surface area contributed by atoms with E-state index in [1.807, 2.05) is 95.6 Å². The number of hydrogen-bond donors (Lipinski definition) is 1. The number of aromatic carboxylic acids is 1. The first-order valence-corrected chi connectivity index (χ1v) is 9.18. The van der Waals surface area contributed by atoms with Gasteiger partial charge in [-0.3, -0.25) is 0 Å². The van der Waals surface area contributed by atoms with E-state index in [2.05, 4.69) is 6.07 Å². The van der Waals surface area contributed by atoms with E-state index in [4.69, 9.17) is 0 Å². The third-order valence-electron chi connectivity index (χ3n) is 4.75. The van der Waals surface area contributed by atoms with Crippen LogP contribution in [-0.4, -0.2) is 11.1 Å². The number of carbonyl (C=O) groups is 1. The summed E-state index contributed by atoms with van der Waals surface area (Å²) in [5, 5.41) is 9.97. The number of carboxylic acids is 1. The molecule has 4 aromatic rings. The van der Waals surface area contributed by atoms with Crippen LogP contribution in [0.5, 0.6) is 0 Å². The summed E-state index contributed by atoms with van der Waals surface area (Å²) in [6.07, 6.45) is 0. The Bertz CT molecular complexity index is 1090. The Hall–Kier alpha value is -3.72. The molecule has 28 heavy (non-hydrogen) atoms. The van der Waals surface area contributed by atoms with Crippen molar-refractivity contribution in [3.05, 3.63) is 114 Å². The van der Waals surface area contributed by atoms with E-state index in [1.54, 1.807) is 6.07 Å². The van der Waals surface area contributed by atoms with Crippen molar-refractivity contribution in [1.82, 2.24) is 0 Å². The van der Waals surface area contributed by atoms with Crippen LogP contribution in [0.3, 0.4) is 0 Å². The molecule has 0 radical (unpaired) electrons. The minimum Gasteiger partial charge on any atom is -0.473 e. The van der Waals surface area contributed by atoms with Gasteiger partial charge in [0.05, 0.1) is 0 Å². The zero-order chi connectivity index (χ0) is 19.3. The second-order valence-electron chi connectivity index (χ2n) is 6.62. The van der Waals surface area contributed by atoms with Gasteiger partial charge in [0, 0.05) is 23.3 Å². The lowest BCUT2D eigenvalue weighted by atomic mass is 10.0. The van der Waals surface area contributed by atoms with Crippen LogP contribution in [0.2, 0.25) is 0 Å². The van der Waals surface area contributed by atoms with E-state index in [-0.39, 0.29) is 5.69 Å². The minimum atomic E-state index is -0.939. The number of pyridine rings is 1. The number of rotatable bonds is 5. The van der Waals surface area contributed by atoms with Gasteiger partial charge in [0.25, 0.3) is 5.69 Å². The van der Waals surface area contributed by atoms with E-state index in [9.17, 15) is 9.90 Å². The lowest BCUT2D eigenvalue weighted by Gasteiger charge is -2.11. The highest BCUT2D eigenvalue weighted by Gasteiger charge is 2.26. The molecule has 1 heterocycles. The Kier molecular flexibility index (Phi) is 4.98. The molecule has 1 N–H and O–H groups in total. The van der Waals surface area contributed by atoms with Crippen molar-refractivity contribution in [2.75, 3.05) is 0 Å². The van der Waals surface area contributed by atoms with Crippen molar-refractivity contribution in [2.45, 2.75) is 6.54 Å². The summed E-state index contributed by atoms with van der Waals surface area (Å²) in [6, 6.07) is 33.5. The zero-order valence-electron chi connectivity index (χ0n) is 15.3. The number of carboxylic acid groups (broad SMARTS) is 1. The third-order valence-corrected chi connectivity index (χ3v) is 4.75. The van der Waals surface area contributed by atoms with Gasteiger partial charge in [0.1, 0.15) is 0 Å². The van der Waals surface area contributed by atoms with Crippen LogP contribution in [0, 0.1) is 0 Å². The normalized spacial score (nSPS) is 10.6. The largest absolute Gasteiger partial charge is 0.473 e. The molecule has 0 saturated carbocycles. The Morgan fingerprint density at radius 2 is 1.21 bits per heavy atom. The molecule has 0 spiro atoms. The quantitative estimate of drug-likeness (QED) is 0.502. The van der Waals surface area contributed by atoms with Gasteiger partial charge in [-0.15, -0.1) is 0 Å². The first-order valence-electron chi connectivity index (χ1n) is 9.18. The fourth-order valence-electron chi connectivity index (χ4n) is 3.38. The van der Waals surface area contributed by atoms with Gasteiger partial charge >= 0.3 is 5.97 Å². The molecule has 0 aliphatic carbocycles. The van der Waals surface area contributed by atoms with Crippen molar-refractivity contribution in [1.29, 1.82) is 0 Å². The standard InChI is InChI=1S/C25H19NO2/c27-25(28)24-17-22(20-12-6-2-7-13-20)16-23(21-14-8-3-9-15-21)26(24)18-19-10-4-1-5-11-19/h1-17H,18H2/p+1. The average molecular weight is 366 g/mol. The highest BCUT2D eigenvalue weighted by atomic mass is 16.4. The number of nitrogens with zero attached hydrogens (tertiary/aromatic N) is 1. The molecule has 136 valence electrons. The molecule has 0 saturated heterocycles. The molecule has 0 amide bonds. The predicted molar refractivity (Wildman–Crippen MR) is 110 cm³/mol. The fraction of sp³-hybridized carbons (Fsp3) is 0.0400. The monoisotopic (exact) mass is 366 g/mol. The van der Waals surface area contributed by atoms with Crippen molar-refractivity contribution in [3.8, 4) is 22.4 Å². The topological polar surface area (TPSA) is 41.2 Å². The van der Waals surface area contributed by atoms with Gasteiger partial charge < -0.3 is 5.11 Å². The van der Waals surface area contributed by atoms with Crippen LogP contribution < -0.4 is 4.57 Å². The molecular weight excluding hydrogens is 346 g/mol. The van der Waals surface area contributed by atoms with Crippen molar-refractivity contribution < 1.29 is 14.5 Å². The fourth-order valence-corrected chi connectivity index (χ4v) is 3.38. The molecule has 0 fully saturated rings. The lowest BCUT2D eigenvalue weighted by Crippen LogP contribution is -2.43. The summed E-state index contributed by atoms with van der Waals surface area (Å²) >= 11 is 0. The van der Waals surface area contributed by atoms with Crippen LogP contribution in [0.15, 0.2) is 103 Å². The smallest absolute Gasteiger partial charge is 0.401 e. The van der Waals surface area contributed by atoms with Gasteiger partial charge in [-0.2, -0.15) is 4.57 Å². The molecule has 0 aliphatic rings. The van der Waals surface area contributed by atoms with Crippen LogP contribution in [0.4, 0.5) is 0 Å². The predicted octanol–water partition coefficient (Wildman–Crippen LogP) is 5.05. The van der Waals surface area contributed by atoms with Crippen molar-refractivity contribution in [2.24, 2.45) is 0 Å². The maximum Gasteiger partial charge on any atom is 0.401 e. The lowest BCUT2D eigenvalue weighted by molar-refractivity contribution is -0.679. The molecule has 0 atom stereocenters. The first kappa shape index (κ1) is 17.7. The van der Waals surface area contributed by atoms with Crippen LogP contribution in [0.25, 0.3) is 22.4 Å². The highest BCUT2D eigenvalue weighted by Crippen LogP contribution is 2.25. The molecule has 1 aromatic heterocycles. The molecule has 0 unspecified atom stereocenters. The first-order chi connectivity index (χ1) is 13.7. The molecule has 4 rings (SSSR count). The maximum absolute atomic E-state index is 12.2. The summed E-state index contributed by atoms with van der Waals surface area (Å²) < 4.78 is 1.87. The molecule has 0 aliphatic heterocycles. The van der Waals surface area contributed by atoms with Gasteiger partial charge in [-0.05, 0) is 23.3 Å². The van der Waals surface area contributed by atoms with Crippen molar-refractivity contribution >= 4 is 5.97 Å². The van der Waals surface area contributed by atoms with Gasteiger partial charge in [-0.1, -0.05) is 78.9 Å². The summed E-state index contributed by atoms with van der Waals surface area (Å²) in [5.74, 6) is -0.939. The Morgan fingerprint density at radius 1 is 0.679 bits per heavy atom. The highest BCUT2D eigenvalue weighted by molar-refractivity contribution is 5.86. The van der Waals surface area contributed by atoms with E-state index in [0.717, 1.165) is 27.9 Å². The number of hydrogen-bond acceptors (Lipinski definition) is 1. The molecule has 3 heteroatoms. The second-order valence-corrected chi connectivity index (χ2v) is 6.62. The van der Waals surface area contributed by atoms with Crippen LogP contribution >= 0.6 is 0 Å². The van der Waals surface area contributed by atoms with E-state index >= 15 is 0 Å². The van der Waals surface area contributed by atoms with Crippen LogP contribution in [0.1, 0.15) is 16.1 Å². The average Bonchev–Trinajstić information content (AvgIpc) is 2.75. The molecule has 3 aromatic carbocycles. The number of aromatic nitrogens is 1. The third kappa shape index (κ3) is 3.69. The van der Waals surface area contributed by atoms with E-state index in [1.165, 1.54) is 0 Å². The molecular formula is C25H20NO2+. The van der Waals surface area contributed by atoms with Crippen LogP contribution in [-0.2, 0) is 6.54 Å². The Morgan fingerprint density at radius 3 is 1.79 bits per heavy atom. The summed E-state index contributed by atoms with van der Waals surface area (Å²) in [7, 11) is 0. The van der Waals surface area contributed by atoms with Gasteiger partial charge in [0.15, 0.2) is 6.54 Å². The summed E-state index contributed by atoms with van der Waals surface area (Å²) in [6.45, 7) is 0.488. The Labute approximate surface area is 164 Å². The molecule has 3 nitrogen and oxygen atoms in total. The van der Waals surface area contributed by atoms with Crippen molar-refractivity contribution in [3.63, 3.8) is 0 Å². The second kappa shape index (κ2) is 7.89. The van der Waals surface area contributed by atoms with Gasteiger partial charge in [-0.25, -0.2) is 4.79 Å². The SMILES string of the molecule is O=C(O)c1cc(-c2ccccc2)cc(-c2ccccc2)[n+]1Cc1ccccc1. The molecule has 0 bridgehead atoms. The summed E-state index contributed by atoms with van der Waals surface area (Å²) in [4.78, 5) is 12.2. The Balaban J connectivity index is 1.96.